The van der Waals surface area contributed by atoms with Gasteiger partial charge in [-0.15, -0.1) is 0 Å². The normalized spacial score (nSPS) is 12.9. The molecule has 0 rings (SSSR count). The summed E-state index contributed by atoms with van der Waals surface area (Å²) in [4.78, 5) is 38.1. The largest absolute Gasteiger partial charge is 0.462 e. The Morgan fingerprint density at radius 2 is 0.657 bits per heavy atom. The van der Waals surface area contributed by atoms with E-state index in [0.29, 0.717) is 19.3 Å². The molecule has 1 unspecified atom stereocenters. The van der Waals surface area contributed by atoms with Gasteiger partial charge in [-0.2, -0.15) is 0 Å². The molecule has 0 aromatic carbocycles. The number of carbonyl (C=O) groups is 3. The Labute approximate surface area is 431 Å². The average molecular weight is 972 g/mol. The first-order valence-corrected chi connectivity index (χ1v) is 28.9. The lowest BCUT2D eigenvalue weighted by Crippen LogP contribution is -2.30. The van der Waals surface area contributed by atoms with Crippen LogP contribution in [-0.4, -0.2) is 37.2 Å². The van der Waals surface area contributed by atoms with E-state index in [4.69, 9.17) is 14.2 Å². The van der Waals surface area contributed by atoms with Crippen molar-refractivity contribution in [1.82, 2.24) is 0 Å². The third kappa shape index (κ3) is 55.0. The number of hydrogen-bond donors (Lipinski definition) is 0. The molecule has 0 aliphatic rings. The summed E-state index contributed by atoms with van der Waals surface area (Å²) < 4.78 is 16.8. The lowest BCUT2D eigenvalue weighted by atomic mass is 10.0. The monoisotopic (exact) mass is 971 g/mol. The molecule has 0 saturated carbocycles. The van der Waals surface area contributed by atoms with Gasteiger partial charge in [-0.05, 0) is 77.0 Å². The summed E-state index contributed by atoms with van der Waals surface area (Å²) in [5.74, 6) is -1.00. The number of esters is 3. The maximum absolute atomic E-state index is 12.9. The molecule has 398 valence electrons. The summed E-state index contributed by atoms with van der Waals surface area (Å²) >= 11 is 0. The fourth-order valence-corrected chi connectivity index (χ4v) is 7.82. The van der Waals surface area contributed by atoms with Crippen molar-refractivity contribution >= 4 is 17.9 Å². The van der Waals surface area contributed by atoms with Crippen LogP contribution in [0.3, 0.4) is 0 Å². The molecular weight excluding hydrogens is 865 g/mol. The zero-order valence-electron chi connectivity index (χ0n) is 45.5. The van der Waals surface area contributed by atoms with E-state index in [2.05, 4.69) is 124 Å². The van der Waals surface area contributed by atoms with Crippen LogP contribution in [0.2, 0.25) is 0 Å². The Morgan fingerprint density at radius 3 is 1.09 bits per heavy atom. The van der Waals surface area contributed by atoms with E-state index in [9.17, 15) is 14.4 Å². The first-order chi connectivity index (χ1) is 34.5. The third-order valence-corrected chi connectivity index (χ3v) is 12.1. The van der Waals surface area contributed by atoms with Crippen LogP contribution in [0.25, 0.3) is 0 Å². The second kappa shape index (κ2) is 57.6. The molecule has 6 nitrogen and oxygen atoms in total. The van der Waals surface area contributed by atoms with E-state index >= 15 is 0 Å². The molecule has 70 heavy (non-hydrogen) atoms. The minimum atomic E-state index is -0.814. The minimum Gasteiger partial charge on any atom is -0.462 e. The van der Waals surface area contributed by atoms with E-state index in [1.807, 2.05) is 6.08 Å². The van der Waals surface area contributed by atoms with Crippen molar-refractivity contribution in [3.8, 4) is 0 Å². The third-order valence-electron chi connectivity index (χ3n) is 12.1. The molecule has 0 aromatic heterocycles. The van der Waals surface area contributed by atoms with E-state index < -0.39 is 6.10 Å². The van der Waals surface area contributed by atoms with Crippen LogP contribution in [0.1, 0.15) is 258 Å². The van der Waals surface area contributed by atoms with Crippen molar-refractivity contribution in [3.05, 3.63) is 109 Å². The van der Waals surface area contributed by atoms with Crippen molar-refractivity contribution in [3.63, 3.8) is 0 Å². The molecule has 0 radical (unpaired) electrons. The van der Waals surface area contributed by atoms with Gasteiger partial charge in [0, 0.05) is 19.3 Å². The standard InChI is InChI=1S/C64H106O6/c1-4-7-10-13-16-19-22-25-28-30-32-34-36-39-42-45-48-51-54-57-63(66)69-60-61(59-68-62(65)56-53-50-47-44-41-38-35-27-24-21-18-15-12-9-6-3)70-64(67)58-55-52-49-46-43-40-37-33-31-29-26-23-20-17-14-11-8-5-2/h7,9-10,12,15-16,18-19,21,24-25,28,32,34,39,42,48,51,61H,4-6,8,11,13-14,17,20,22-23,26-27,29-31,33,35-38,40-41,43-47,49-50,52-60H2,1-3H3/b10-7-,12-9-,18-15-,19-16-,24-21-,28-25-,34-32-,42-39-,51-48-. The molecule has 0 aromatic rings. The second-order valence-corrected chi connectivity index (χ2v) is 18.9. The Kier molecular flexibility index (Phi) is 54.4. The van der Waals surface area contributed by atoms with Crippen LogP contribution in [0.5, 0.6) is 0 Å². The number of allylic oxidation sites excluding steroid dienone is 18. The quantitative estimate of drug-likeness (QED) is 0.0199. The van der Waals surface area contributed by atoms with Crippen LogP contribution in [-0.2, 0) is 28.6 Å². The fourth-order valence-electron chi connectivity index (χ4n) is 7.82. The highest BCUT2D eigenvalue weighted by Gasteiger charge is 2.19. The van der Waals surface area contributed by atoms with E-state index in [0.717, 1.165) is 89.9 Å². The molecule has 0 spiro atoms. The summed E-state index contributed by atoms with van der Waals surface area (Å²) in [5.41, 5.74) is 0. The van der Waals surface area contributed by atoms with Gasteiger partial charge in [0.1, 0.15) is 13.2 Å². The van der Waals surface area contributed by atoms with Gasteiger partial charge < -0.3 is 14.2 Å². The topological polar surface area (TPSA) is 78.9 Å². The van der Waals surface area contributed by atoms with Crippen LogP contribution in [0.15, 0.2) is 109 Å². The molecule has 6 heteroatoms. The predicted octanol–water partition coefficient (Wildman–Crippen LogP) is 19.5. The number of rotatable bonds is 51. The molecule has 1 atom stereocenters. The van der Waals surface area contributed by atoms with Gasteiger partial charge in [-0.25, -0.2) is 0 Å². The Bertz CT molecular complexity index is 1440. The van der Waals surface area contributed by atoms with Crippen molar-refractivity contribution in [2.45, 2.75) is 264 Å². The molecule has 0 N–H and O–H groups in total. The first kappa shape index (κ1) is 66.1. The Hall–Kier alpha value is -3.93. The van der Waals surface area contributed by atoms with Gasteiger partial charge in [0.05, 0.1) is 0 Å². The van der Waals surface area contributed by atoms with Crippen molar-refractivity contribution < 1.29 is 28.6 Å². The van der Waals surface area contributed by atoms with Crippen molar-refractivity contribution in [2.75, 3.05) is 13.2 Å². The highest BCUT2D eigenvalue weighted by Crippen LogP contribution is 2.16. The highest BCUT2D eigenvalue weighted by molar-refractivity contribution is 5.71. The molecule has 0 bridgehead atoms. The van der Waals surface area contributed by atoms with Crippen molar-refractivity contribution in [2.24, 2.45) is 0 Å². The Morgan fingerprint density at radius 1 is 0.314 bits per heavy atom. The minimum absolute atomic E-state index is 0.107. The van der Waals surface area contributed by atoms with Crippen LogP contribution < -0.4 is 0 Å². The van der Waals surface area contributed by atoms with Gasteiger partial charge in [-0.1, -0.05) is 271 Å². The summed E-state index contributed by atoms with van der Waals surface area (Å²) in [5, 5.41) is 0. The summed E-state index contributed by atoms with van der Waals surface area (Å²) in [7, 11) is 0. The lowest BCUT2D eigenvalue weighted by Gasteiger charge is -2.18. The van der Waals surface area contributed by atoms with Crippen LogP contribution in [0, 0.1) is 0 Å². The fraction of sp³-hybridized carbons (Fsp3) is 0.672. The summed E-state index contributed by atoms with van der Waals surface area (Å²) in [6.45, 7) is 6.34. The first-order valence-electron chi connectivity index (χ1n) is 28.9. The van der Waals surface area contributed by atoms with Gasteiger partial charge >= 0.3 is 17.9 Å². The number of unbranched alkanes of at least 4 members (excludes halogenated alkanes) is 24. The predicted molar refractivity (Wildman–Crippen MR) is 302 cm³/mol. The molecule has 0 aliphatic heterocycles. The zero-order valence-corrected chi connectivity index (χ0v) is 45.5. The van der Waals surface area contributed by atoms with Gasteiger partial charge in [0.2, 0.25) is 0 Å². The SMILES string of the molecule is CC\C=C/C=C\C=C/CCCCCCCCCC(=O)OCC(COC(=O)CC/C=C\C/C=C\C/C=C\C/C=C\C/C=C\C/C=C\CC)OC(=O)CCCCCCCCCCCCCCCCCCCC. The smallest absolute Gasteiger partial charge is 0.306 e. The molecule has 0 amide bonds. The van der Waals surface area contributed by atoms with Crippen molar-refractivity contribution in [1.29, 1.82) is 0 Å². The zero-order chi connectivity index (χ0) is 50.7. The summed E-state index contributed by atoms with van der Waals surface area (Å²) in [6, 6.07) is 0. The van der Waals surface area contributed by atoms with Crippen LogP contribution in [0.4, 0.5) is 0 Å². The van der Waals surface area contributed by atoms with E-state index in [-0.39, 0.29) is 37.5 Å². The number of ether oxygens (including phenoxy) is 3. The van der Waals surface area contributed by atoms with Gasteiger partial charge in [0.15, 0.2) is 6.10 Å². The Balaban J connectivity index is 4.50. The average Bonchev–Trinajstić information content (AvgIpc) is 3.36. The molecule has 0 heterocycles. The van der Waals surface area contributed by atoms with Gasteiger partial charge in [-0.3, -0.25) is 14.4 Å². The number of hydrogen-bond acceptors (Lipinski definition) is 6. The van der Waals surface area contributed by atoms with Gasteiger partial charge in [0.25, 0.3) is 0 Å². The summed E-state index contributed by atoms with van der Waals surface area (Å²) in [6.07, 6.45) is 78.1. The highest BCUT2D eigenvalue weighted by atomic mass is 16.6. The van der Waals surface area contributed by atoms with E-state index in [1.54, 1.807) is 0 Å². The van der Waals surface area contributed by atoms with E-state index in [1.165, 1.54) is 122 Å². The molecule has 0 aliphatic carbocycles. The lowest BCUT2D eigenvalue weighted by molar-refractivity contribution is -0.166. The van der Waals surface area contributed by atoms with Crippen LogP contribution >= 0.6 is 0 Å². The number of carbonyl (C=O) groups excluding carboxylic acids is 3. The maximum Gasteiger partial charge on any atom is 0.306 e. The maximum atomic E-state index is 12.9. The molecule has 0 saturated heterocycles. The molecule has 0 fully saturated rings. The second-order valence-electron chi connectivity index (χ2n) is 18.9. The molecular formula is C64H106O6.